The van der Waals surface area contributed by atoms with Gasteiger partial charge in [-0.25, -0.2) is 9.50 Å². The second kappa shape index (κ2) is 4.22. The molecule has 2 aromatic heterocycles. The lowest BCUT2D eigenvalue weighted by molar-refractivity contribution is 0.948. The third kappa shape index (κ3) is 1.80. The van der Waals surface area contributed by atoms with Crippen molar-refractivity contribution in [2.45, 2.75) is 4.90 Å². The minimum atomic E-state index is 0.872. The van der Waals surface area contributed by atoms with Gasteiger partial charge in [-0.05, 0) is 24.5 Å². The van der Waals surface area contributed by atoms with E-state index in [1.807, 2.05) is 22.8 Å². The Morgan fingerprint density at radius 3 is 2.59 bits per heavy atom. The van der Waals surface area contributed by atoms with Crippen LogP contribution in [0.25, 0.3) is 16.9 Å². The highest BCUT2D eigenvalue weighted by molar-refractivity contribution is 7.98. The molecule has 4 heteroatoms. The fraction of sp³-hybridized carbons (Fsp3) is 0.0769. The van der Waals surface area contributed by atoms with Crippen molar-refractivity contribution in [1.82, 2.24) is 14.6 Å². The van der Waals surface area contributed by atoms with Crippen LogP contribution in [0.4, 0.5) is 0 Å². The first-order chi connectivity index (χ1) is 8.38. The van der Waals surface area contributed by atoms with E-state index in [4.69, 9.17) is 0 Å². The number of fused-ring (bicyclic) bond motifs is 1. The Bertz CT molecular complexity index is 643. The van der Waals surface area contributed by atoms with Crippen molar-refractivity contribution in [3.8, 4) is 11.3 Å². The molecule has 1 aromatic carbocycles. The summed E-state index contributed by atoms with van der Waals surface area (Å²) in [5, 5.41) is 4.29. The van der Waals surface area contributed by atoms with Crippen molar-refractivity contribution in [3.63, 3.8) is 0 Å². The Labute approximate surface area is 104 Å². The van der Waals surface area contributed by atoms with E-state index in [9.17, 15) is 0 Å². The summed E-state index contributed by atoms with van der Waals surface area (Å²) < 4.78 is 1.86. The standard InChI is InChI=1S/C13H11N3S/c1-17-11-4-2-10(3-5-11)12-6-8-14-13-7-9-15-16(12)13/h2-9H,1H3. The van der Waals surface area contributed by atoms with E-state index in [0.717, 1.165) is 16.9 Å². The first kappa shape index (κ1) is 10.4. The second-order valence-corrected chi connectivity index (χ2v) is 4.54. The van der Waals surface area contributed by atoms with Crippen molar-refractivity contribution >= 4 is 17.4 Å². The molecule has 0 saturated heterocycles. The highest BCUT2D eigenvalue weighted by atomic mass is 32.2. The van der Waals surface area contributed by atoms with Gasteiger partial charge >= 0.3 is 0 Å². The molecule has 0 aliphatic heterocycles. The summed E-state index contributed by atoms with van der Waals surface area (Å²) in [6.45, 7) is 0. The van der Waals surface area contributed by atoms with Crippen LogP contribution in [0.5, 0.6) is 0 Å². The molecule has 0 aliphatic carbocycles. The number of hydrogen-bond donors (Lipinski definition) is 0. The number of hydrogen-bond acceptors (Lipinski definition) is 3. The Kier molecular flexibility index (Phi) is 2.57. The average Bonchev–Trinajstić information content (AvgIpc) is 2.87. The third-order valence-corrected chi connectivity index (χ3v) is 3.42. The van der Waals surface area contributed by atoms with Gasteiger partial charge in [-0.3, -0.25) is 0 Å². The molecule has 0 bridgehead atoms. The Balaban J connectivity index is 2.16. The van der Waals surface area contributed by atoms with E-state index < -0.39 is 0 Å². The molecular weight excluding hydrogens is 230 g/mol. The van der Waals surface area contributed by atoms with Gasteiger partial charge in [-0.2, -0.15) is 5.10 Å². The van der Waals surface area contributed by atoms with Crippen molar-refractivity contribution in [1.29, 1.82) is 0 Å². The van der Waals surface area contributed by atoms with Gasteiger partial charge in [0.05, 0.1) is 11.9 Å². The van der Waals surface area contributed by atoms with Crippen molar-refractivity contribution < 1.29 is 0 Å². The SMILES string of the molecule is CSc1ccc(-c2ccnc3ccnn23)cc1. The molecule has 3 rings (SSSR count). The molecule has 2 heterocycles. The molecule has 0 radical (unpaired) electrons. The minimum Gasteiger partial charge on any atom is -0.237 e. The summed E-state index contributed by atoms with van der Waals surface area (Å²) in [7, 11) is 0. The van der Waals surface area contributed by atoms with Gasteiger partial charge in [0.25, 0.3) is 0 Å². The largest absolute Gasteiger partial charge is 0.237 e. The maximum Gasteiger partial charge on any atom is 0.155 e. The van der Waals surface area contributed by atoms with Gasteiger partial charge < -0.3 is 0 Å². The fourth-order valence-electron chi connectivity index (χ4n) is 1.81. The zero-order valence-electron chi connectivity index (χ0n) is 9.37. The Hall–Kier alpha value is -1.81. The van der Waals surface area contributed by atoms with Crippen LogP contribution < -0.4 is 0 Å². The van der Waals surface area contributed by atoms with E-state index in [2.05, 4.69) is 40.6 Å². The molecule has 0 fully saturated rings. The number of thioether (sulfide) groups is 1. The summed E-state index contributed by atoms with van der Waals surface area (Å²) in [4.78, 5) is 5.52. The quantitative estimate of drug-likeness (QED) is 0.646. The van der Waals surface area contributed by atoms with E-state index in [1.54, 1.807) is 18.0 Å². The third-order valence-electron chi connectivity index (χ3n) is 2.68. The molecular formula is C13H11N3S. The zero-order chi connectivity index (χ0) is 11.7. The van der Waals surface area contributed by atoms with Crippen LogP contribution in [0.3, 0.4) is 0 Å². The van der Waals surface area contributed by atoms with Gasteiger partial charge in [-0.15, -0.1) is 11.8 Å². The van der Waals surface area contributed by atoms with Crippen LogP contribution in [-0.2, 0) is 0 Å². The molecule has 0 aliphatic rings. The molecule has 3 nitrogen and oxygen atoms in total. The zero-order valence-corrected chi connectivity index (χ0v) is 10.2. The van der Waals surface area contributed by atoms with Gasteiger partial charge in [0, 0.05) is 22.7 Å². The van der Waals surface area contributed by atoms with E-state index in [-0.39, 0.29) is 0 Å². The molecule has 3 aromatic rings. The molecule has 0 atom stereocenters. The molecule has 0 N–H and O–H groups in total. The van der Waals surface area contributed by atoms with Gasteiger partial charge in [0.1, 0.15) is 0 Å². The van der Waals surface area contributed by atoms with E-state index in [1.165, 1.54) is 4.90 Å². The van der Waals surface area contributed by atoms with Crippen molar-refractivity contribution in [2.24, 2.45) is 0 Å². The lowest BCUT2D eigenvalue weighted by atomic mass is 10.1. The smallest absolute Gasteiger partial charge is 0.155 e. The number of nitrogens with zero attached hydrogens (tertiary/aromatic N) is 3. The summed E-state index contributed by atoms with van der Waals surface area (Å²) in [5.74, 6) is 0. The van der Waals surface area contributed by atoms with Gasteiger partial charge in [0.15, 0.2) is 5.65 Å². The second-order valence-electron chi connectivity index (χ2n) is 3.66. The van der Waals surface area contributed by atoms with Gasteiger partial charge in [-0.1, -0.05) is 12.1 Å². The van der Waals surface area contributed by atoms with Crippen LogP contribution in [0.1, 0.15) is 0 Å². The van der Waals surface area contributed by atoms with E-state index >= 15 is 0 Å². The molecule has 84 valence electrons. The summed E-state index contributed by atoms with van der Waals surface area (Å²) in [6.07, 6.45) is 5.66. The molecule has 0 saturated carbocycles. The maximum atomic E-state index is 4.29. The highest BCUT2D eigenvalue weighted by Crippen LogP contribution is 2.22. The van der Waals surface area contributed by atoms with Gasteiger partial charge in [0.2, 0.25) is 0 Å². The van der Waals surface area contributed by atoms with Crippen LogP contribution >= 0.6 is 11.8 Å². The minimum absolute atomic E-state index is 0.872. The van der Waals surface area contributed by atoms with Crippen LogP contribution in [0.15, 0.2) is 53.7 Å². The van der Waals surface area contributed by atoms with Crippen LogP contribution in [0, 0.1) is 0 Å². The molecule has 0 spiro atoms. The van der Waals surface area contributed by atoms with Crippen molar-refractivity contribution in [2.75, 3.05) is 6.26 Å². The monoisotopic (exact) mass is 241 g/mol. The normalized spacial score (nSPS) is 10.9. The first-order valence-electron chi connectivity index (χ1n) is 5.31. The first-order valence-corrected chi connectivity index (χ1v) is 6.54. The van der Waals surface area contributed by atoms with Crippen LogP contribution in [-0.4, -0.2) is 20.9 Å². The fourth-order valence-corrected chi connectivity index (χ4v) is 2.22. The maximum absolute atomic E-state index is 4.29. The Morgan fingerprint density at radius 2 is 1.82 bits per heavy atom. The van der Waals surface area contributed by atoms with E-state index in [0.29, 0.717) is 0 Å². The molecule has 0 amide bonds. The highest BCUT2D eigenvalue weighted by Gasteiger charge is 2.04. The predicted octanol–water partition coefficient (Wildman–Crippen LogP) is 3.12. The summed E-state index contributed by atoms with van der Waals surface area (Å²) in [5.41, 5.74) is 3.09. The Morgan fingerprint density at radius 1 is 1.00 bits per heavy atom. The number of benzene rings is 1. The van der Waals surface area contributed by atoms with Crippen molar-refractivity contribution in [3.05, 3.63) is 48.8 Å². The molecule has 0 unspecified atom stereocenters. The lowest BCUT2D eigenvalue weighted by Crippen LogP contribution is -1.94. The number of rotatable bonds is 2. The molecule has 17 heavy (non-hydrogen) atoms. The van der Waals surface area contributed by atoms with Crippen LogP contribution in [0.2, 0.25) is 0 Å². The topological polar surface area (TPSA) is 30.2 Å². The predicted molar refractivity (Wildman–Crippen MR) is 70.2 cm³/mol. The average molecular weight is 241 g/mol. The summed E-state index contributed by atoms with van der Waals surface area (Å²) >= 11 is 1.74. The lowest BCUT2D eigenvalue weighted by Gasteiger charge is -2.05. The summed E-state index contributed by atoms with van der Waals surface area (Å²) in [6, 6.07) is 12.4. The number of aromatic nitrogens is 3.